The number of benzene rings is 2. The summed E-state index contributed by atoms with van der Waals surface area (Å²) in [5.74, 6) is -2.40. The Morgan fingerprint density at radius 3 is 2.57 bits per heavy atom. The number of primary amides is 1. The molecule has 0 spiro atoms. The van der Waals surface area contributed by atoms with Gasteiger partial charge in [0.1, 0.15) is 30.4 Å². The van der Waals surface area contributed by atoms with Crippen molar-refractivity contribution in [3.05, 3.63) is 59.7 Å². The van der Waals surface area contributed by atoms with Gasteiger partial charge in [-0.1, -0.05) is 12.1 Å². The first-order valence-electron chi connectivity index (χ1n) is 6.69. The molecule has 7 heteroatoms. The minimum absolute atomic E-state index is 0.0740. The third kappa shape index (κ3) is 5.06. The molecular weight excluding hydrogens is 306 g/mol. The average molecular weight is 320 g/mol. The quantitative estimate of drug-likeness (QED) is 0.802. The lowest BCUT2D eigenvalue weighted by Gasteiger charge is -2.09. The van der Waals surface area contributed by atoms with Gasteiger partial charge in [-0.2, -0.15) is 0 Å². The smallest absolute Gasteiger partial charge is 0.233 e. The van der Waals surface area contributed by atoms with E-state index in [1.54, 1.807) is 12.1 Å². The van der Waals surface area contributed by atoms with E-state index < -0.39 is 24.1 Å². The van der Waals surface area contributed by atoms with Gasteiger partial charge in [0.15, 0.2) is 0 Å². The number of hydrogen-bond acceptors (Lipinski definition) is 3. The Hall–Kier alpha value is -2.96. The highest BCUT2D eigenvalue weighted by Gasteiger charge is 2.10. The number of carbonyl (C=O) groups excluding carboxylic acids is 2. The predicted molar refractivity (Wildman–Crippen MR) is 79.6 cm³/mol. The number of nitrogens with one attached hydrogen (secondary N) is 1. The van der Waals surface area contributed by atoms with Gasteiger partial charge in [-0.15, -0.1) is 0 Å². The molecule has 5 nitrogen and oxygen atoms in total. The molecule has 0 aliphatic heterocycles. The van der Waals surface area contributed by atoms with Crippen molar-refractivity contribution in [1.82, 2.24) is 0 Å². The molecular formula is C16H14F2N2O3. The molecule has 2 rings (SSSR count). The highest BCUT2D eigenvalue weighted by atomic mass is 19.1. The van der Waals surface area contributed by atoms with Gasteiger partial charge in [-0.25, -0.2) is 8.78 Å². The van der Waals surface area contributed by atoms with E-state index in [-0.39, 0.29) is 23.9 Å². The summed E-state index contributed by atoms with van der Waals surface area (Å²) in [5, 5.41) is 2.23. The third-order valence-electron chi connectivity index (χ3n) is 2.84. The second-order valence-electron chi connectivity index (χ2n) is 4.75. The largest absolute Gasteiger partial charge is 0.489 e. The summed E-state index contributed by atoms with van der Waals surface area (Å²) in [6.07, 6.45) is -0.530. The molecule has 0 radical (unpaired) electrons. The van der Waals surface area contributed by atoms with Crippen molar-refractivity contribution in [2.45, 2.75) is 13.0 Å². The van der Waals surface area contributed by atoms with Crippen molar-refractivity contribution in [2.75, 3.05) is 5.32 Å². The highest BCUT2D eigenvalue weighted by molar-refractivity contribution is 6.03. The van der Waals surface area contributed by atoms with Crippen LogP contribution in [0.2, 0.25) is 0 Å². The molecule has 0 saturated carbocycles. The predicted octanol–water partition coefficient (Wildman–Crippen LogP) is 2.36. The Kier molecular flexibility index (Phi) is 5.24. The van der Waals surface area contributed by atoms with E-state index in [1.807, 2.05) is 0 Å². The maximum absolute atomic E-state index is 13.9. The molecule has 0 heterocycles. The number of ether oxygens (including phenoxy) is 1. The van der Waals surface area contributed by atoms with Crippen molar-refractivity contribution in [1.29, 1.82) is 0 Å². The van der Waals surface area contributed by atoms with Gasteiger partial charge < -0.3 is 15.8 Å². The minimum atomic E-state index is -0.807. The second-order valence-corrected chi connectivity index (χ2v) is 4.75. The van der Waals surface area contributed by atoms with Crippen LogP contribution in [-0.2, 0) is 16.2 Å². The fraction of sp³-hybridized carbons (Fsp3) is 0.125. The van der Waals surface area contributed by atoms with Crippen molar-refractivity contribution in [3.63, 3.8) is 0 Å². The van der Waals surface area contributed by atoms with Crippen LogP contribution in [0.3, 0.4) is 0 Å². The summed E-state index contributed by atoms with van der Waals surface area (Å²) in [4.78, 5) is 22.0. The lowest BCUT2D eigenvalue weighted by molar-refractivity contribution is -0.124. The van der Waals surface area contributed by atoms with Crippen LogP contribution in [0.25, 0.3) is 0 Å². The molecule has 0 unspecified atom stereocenters. The average Bonchev–Trinajstić information content (AvgIpc) is 2.47. The molecule has 0 fully saturated rings. The first-order valence-corrected chi connectivity index (χ1v) is 6.69. The van der Waals surface area contributed by atoms with E-state index in [1.165, 1.54) is 24.3 Å². The van der Waals surface area contributed by atoms with Gasteiger partial charge in [-0.05, 0) is 29.8 Å². The molecule has 3 N–H and O–H groups in total. The van der Waals surface area contributed by atoms with Gasteiger partial charge in [0.2, 0.25) is 11.8 Å². The molecule has 120 valence electrons. The van der Waals surface area contributed by atoms with Gasteiger partial charge in [0, 0.05) is 6.07 Å². The van der Waals surface area contributed by atoms with Crippen molar-refractivity contribution in [2.24, 2.45) is 5.73 Å². The number of anilines is 1. The minimum Gasteiger partial charge on any atom is -0.489 e. The lowest BCUT2D eigenvalue weighted by Crippen LogP contribution is -2.21. The summed E-state index contributed by atoms with van der Waals surface area (Å²) in [5.41, 5.74) is 5.39. The third-order valence-corrected chi connectivity index (χ3v) is 2.84. The van der Waals surface area contributed by atoms with Crippen LogP contribution < -0.4 is 15.8 Å². The number of carbonyl (C=O) groups is 2. The van der Waals surface area contributed by atoms with Crippen molar-refractivity contribution < 1.29 is 23.1 Å². The SMILES string of the molecule is NC(=O)CC(=O)Nc1ccc(OCc2cccc(F)c2)cc1F. The standard InChI is InChI=1S/C16H14F2N2O3/c17-11-3-1-2-10(6-11)9-23-12-4-5-14(13(18)7-12)20-16(22)8-15(19)21/h1-7H,8-9H2,(H2,19,21)(H,20,22). The lowest BCUT2D eigenvalue weighted by atomic mass is 10.2. The van der Waals surface area contributed by atoms with Crippen LogP contribution >= 0.6 is 0 Å². The number of hydrogen-bond donors (Lipinski definition) is 2. The summed E-state index contributed by atoms with van der Waals surface area (Å²) in [6.45, 7) is 0.0740. The molecule has 0 saturated heterocycles. The number of rotatable bonds is 6. The van der Waals surface area contributed by atoms with Crippen molar-refractivity contribution >= 4 is 17.5 Å². The molecule has 0 aliphatic rings. The van der Waals surface area contributed by atoms with E-state index in [2.05, 4.69) is 5.32 Å². The van der Waals surface area contributed by atoms with Crippen LogP contribution in [-0.4, -0.2) is 11.8 Å². The van der Waals surface area contributed by atoms with Gasteiger partial charge in [0.05, 0.1) is 5.69 Å². The van der Waals surface area contributed by atoms with Gasteiger partial charge in [-0.3, -0.25) is 9.59 Å². The van der Waals surface area contributed by atoms with Crippen LogP contribution in [0.1, 0.15) is 12.0 Å². The first kappa shape index (κ1) is 16.4. The molecule has 0 atom stereocenters. The van der Waals surface area contributed by atoms with E-state index in [0.29, 0.717) is 5.56 Å². The molecule has 0 aromatic heterocycles. The Labute approximate surface area is 131 Å². The summed E-state index contributed by atoms with van der Waals surface area (Å²) in [6, 6.07) is 9.68. The zero-order chi connectivity index (χ0) is 16.8. The van der Waals surface area contributed by atoms with E-state index in [0.717, 1.165) is 6.07 Å². The summed E-state index contributed by atoms with van der Waals surface area (Å²) < 4.78 is 32.3. The zero-order valence-corrected chi connectivity index (χ0v) is 12.0. The van der Waals surface area contributed by atoms with E-state index >= 15 is 0 Å². The zero-order valence-electron chi connectivity index (χ0n) is 12.0. The van der Waals surface area contributed by atoms with E-state index in [4.69, 9.17) is 10.5 Å². The summed E-state index contributed by atoms with van der Waals surface area (Å²) in [7, 11) is 0. The van der Waals surface area contributed by atoms with Crippen LogP contribution in [0, 0.1) is 11.6 Å². The summed E-state index contributed by atoms with van der Waals surface area (Å²) >= 11 is 0. The number of amides is 2. The molecule has 0 bridgehead atoms. The van der Waals surface area contributed by atoms with Crippen LogP contribution in [0.5, 0.6) is 5.75 Å². The van der Waals surface area contributed by atoms with Gasteiger partial charge in [0.25, 0.3) is 0 Å². The first-order chi connectivity index (χ1) is 10.9. The Morgan fingerprint density at radius 2 is 1.91 bits per heavy atom. The fourth-order valence-electron chi connectivity index (χ4n) is 1.83. The monoisotopic (exact) mass is 320 g/mol. The highest BCUT2D eigenvalue weighted by Crippen LogP contribution is 2.21. The Bertz CT molecular complexity index is 735. The molecule has 2 amide bonds. The van der Waals surface area contributed by atoms with Crippen LogP contribution in [0.4, 0.5) is 14.5 Å². The van der Waals surface area contributed by atoms with E-state index in [9.17, 15) is 18.4 Å². The molecule has 2 aromatic carbocycles. The second kappa shape index (κ2) is 7.35. The molecule has 23 heavy (non-hydrogen) atoms. The van der Waals surface area contributed by atoms with Gasteiger partial charge >= 0.3 is 0 Å². The normalized spacial score (nSPS) is 10.2. The van der Waals surface area contributed by atoms with Crippen LogP contribution in [0.15, 0.2) is 42.5 Å². The topological polar surface area (TPSA) is 81.4 Å². The Morgan fingerprint density at radius 1 is 1.13 bits per heavy atom. The Balaban J connectivity index is 1.98. The number of halogens is 2. The fourth-order valence-corrected chi connectivity index (χ4v) is 1.83. The molecule has 0 aliphatic carbocycles. The van der Waals surface area contributed by atoms with Crippen molar-refractivity contribution in [3.8, 4) is 5.75 Å². The maximum atomic E-state index is 13.9. The number of nitrogens with two attached hydrogens (primary N) is 1. The maximum Gasteiger partial charge on any atom is 0.233 e. The molecule has 2 aromatic rings.